The fraction of sp³-hybridized carbons (Fsp3) is 0.200. The van der Waals surface area contributed by atoms with E-state index in [1.807, 2.05) is 6.07 Å². The first kappa shape index (κ1) is 12.5. The van der Waals surface area contributed by atoms with E-state index in [-0.39, 0.29) is 11.5 Å². The van der Waals surface area contributed by atoms with Gasteiger partial charge in [-0.25, -0.2) is 0 Å². The van der Waals surface area contributed by atoms with Crippen LogP contribution in [0.4, 0.5) is 0 Å². The minimum atomic E-state index is 0.0786. The molecule has 3 nitrogen and oxygen atoms in total. The summed E-state index contributed by atoms with van der Waals surface area (Å²) in [4.78, 5) is 0. The smallest absolute Gasteiger partial charge is 0.123 e. The summed E-state index contributed by atoms with van der Waals surface area (Å²) >= 11 is 0. The van der Waals surface area contributed by atoms with Crippen molar-refractivity contribution in [3.8, 4) is 11.5 Å². The highest BCUT2D eigenvalue weighted by atomic mass is 16.3. The van der Waals surface area contributed by atoms with Crippen LogP contribution in [0.15, 0.2) is 42.5 Å². The van der Waals surface area contributed by atoms with E-state index in [4.69, 9.17) is 0 Å². The highest BCUT2D eigenvalue weighted by molar-refractivity contribution is 5.38. The first-order valence-electron chi connectivity index (χ1n) is 5.92. The van der Waals surface area contributed by atoms with Crippen molar-refractivity contribution in [2.24, 2.45) is 0 Å². The second kappa shape index (κ2) is 5.56. The van der Waals surface area contributed by atoms with E-state index < -0.39 is 0 Å². The van der Waals surface area contributed by atoms with Crippen LogP contribution >= 0.6 is 0 Å². The lowest BCUT2D eigenvalue weighted by molar-refractivity contribution is 0.443. The van der Waals surface area contributed by atoms with Crippen LogP contribution < -0.4 is 5.32 Å². The number of phenols is 2. The molecule has 0 spiro atoms. The summed E-state index contributed by atoms with van der Waals surface area (Å²) in [7, 11) is 0. The Morgan fingerprint density at radius 1 is 1.00 bits per heavy atom. The van der Waals surface area contributed by atoms with Gasteiger partial charge < -0.3 is 15.5 Å². The minimum absolute atomic E-state index is 0.0786. The maximum Gasteiger partial charge on any atom is 0.123 e. The Balaban J connectivity index is 1.92. The SMILES string of the molecule is Cc1cccc(CNCc2ccc(O)cc2O)c1. The van der Waals surface area contributed by atoms with Crippen LogP contribution in [0, 0.1) is 6.92 Å². The Morgan fingerprint density at radius 2 is 1.83 bits per heavy atom. The third-order valence-electron chi connectivity index (χ3n) is 2.80. The fourth-order valence-corrected chi connectivity index (χ4v) is 1.87. The summed E-state index contributed by atoms with van der Waals surface area (Å²) in [5, 5.41) is 22.1. The lowest BCUT2D eigenvalue weighted by Crippen LogP contribution is -2.12. The van der Waals surface area contributed by atoms with Crippen molar-refractivity contribution in [1.29, 1.82) is 0 Å². The Labute approximate surface area is 107 Å². The van der Waals surface area contributed by atoms with Gasteiger partial charge in [-0.1, -0.05) is 35.9 Å². The third-order valence-corrected chi connectivity index (χ3v) is 2.80. The molecule has 0 bridgehead atoms. The summed E-state index contributed by atoms with van der Waals surface area (Å²) in [6.07, 6.45) is 0. The number of aromatic hydroxyl groups is 2. The molecule has 2 rings (SSSR count). The van der Waals surface area contributed by atoms with Gasteiger partial charge in [0.2, 0.25) is 0 Å². The van der Waals surface area contributed by atoms with E-state index in [9.17, 15) is 10.2 Å². The van der Waals surface area contributed by atoms with Gasteiger partial charge in [-0.05, 0) is 18.6 Å². The summed E-state index contributed by atoms with van der Waals surface area (Å²) in [5.41, 5.74) is 3.23. The molecule has 2 aromatic rings. The molecule has 0 heterocycles. The van der Waals surface area contributed by atoms with Gasteiger partial charge in [-0.2, -0.15) is 0 Å². The van der Waals surface area contributed by atoms with Crippen molar-refractivity contribution < 1.29 is 10.2 Å². The molecule has 3 heteroatoms. The first-order valence-corrected chi connectivity index (χ1v) is 5.92. The summed E-state index contributed by atoms with van der Waals surface area (Å²) in [6.45, 7) is 3.39. The van der Waals surface area contributed by atoms with Gasteiger partial charge in [-0.15, -0.1) is 0 Å². The zero-order chi connectivity index (χ0) is 13.0. The van der Waals surface area contributed by atoms with Gasteiger partial charge in [0.05, 0.1) is 0 Å². The number of benzene rings is 2. The standard InChI is InChI=1S/C15H17NO2/c1-11-3-2-4-12(7-11)9-16-10-13-5-6-14(17)8-15(13)18/h2-8,16-18H,9-10H2,1H3. The van der Waals surface area contributed by atoms with Gasteiger partial charge in [0, 0.05) is 24.7 Å². The molecule has 0 amide bonds. The van der Waals surface area contributed by atoms with Crippen molar-refractivity contribution in [3.05, 3.63) is 59.2 Å². The average Bonchev–Trinajstić information content (AvgIpc) is 2.32. The fourth-order valence-electron chi connectivity index (χ4n) is 1.87. The summed E-state index contributed by atoms with van der Waals surface area (Å²) < 4.78 is 0. The van der Waals surface area contributed by atoms with E-state index in [1.165, 1.54) is 17.2 Å². The zero-order valence-electron chi connectivity index (χ0n) is 10.4. The Kier molecular flexibility index (Phi) is 3.85. The molecule has 0 saturated carbocycles. The van der Waals surface area contributed by atoms with Crippen molar-refractivity contribution in [2.75, 3.05) is 0 Å². The van der Waals surface area contributed by atoms with E-state index in [2.05, 4.69) is 30.4 Å². The lowest BCUT2D eigenvalue weighted by Gasteiger charge is -2.08. The number of nitrogens with one attached hydrogen (secondary N) is 1. The maximum absolute atomic E-state index is 9.63. The molecule has 2 aromatic carbocycles. The molecule has 3 N–H and O–H groups in total. The molecule has 0 aromatic heterocycles. The maximum atomic E-state index is 9.63. The average molecular weight is 243 g/mol. The molecule has 94 valence electrons. The summed E-state index contributed by atoms with van der Waals surface area (Å²) in [6, 6.07) is 12.9. The van der Waals surface area contributed by atoms with Gasteiger partial charge in [0.25, 0.3) is 0 Å². The second-order valence-electron chi connectivity index (χ2n) is 4.41. The van der Waals surface area contributed by atoms with Crippen LogP contribution in [0.5, 0.6) is 11.5 Å². The molecule has 0 saturated heterocycles. The topological polar surface area (TPSA) is 52.5 Å². The van der Waals surface area contributed by atoms with Gasteiger partial charge in [-0.3, -0.25) is 0 Å². The molecule has 18 heavy (non-hydrogen) atoms. The molecule has 0 aliphatic rings. The first-order chi connectivity index (χ1) is 8.65. The van der Waals surface area contributed by atoms with Crippen molar-refractivity contribution in [1.82, 2.24) is 5.32 Å². The Morgan fingerprint density at radius 3 is 2.56 bits per heavy atom. The molecular formula is C15H17NO2. The molecule has 0 aliphatic carbocycles. The van der Waals surface area contributed by atoms with E-state index in [1.54, 1.807) is 12.1 Å². The number of phenolic OH excluding ortho intramolecular Hbond substituents is 2. The zero-order valence-corrected chi connectivity index (χ0v) is 10.4. The van der Waals surface area contributed by atoms with Crippen molar-refractivity contribution >= 4 is 0 Å². The van der Waals surface area contributed by atoms with Crippen LogP contribution in [0.25, 0.3) is 0 Å². The van der Waals surface area contributed by atoms with E-state index in [0.717, 1.165) is 12.1 Å². The highest BCUT2D eigenvalue weighted by Crippen LogP contribution is 2.22. The summed E-state index contributed by atoms with van der Waals surface area (Å²) in [5.74, 6) is 0.196. The molecule has 0 fully saturated rings. The third kappa shape index (κ3) is 3.25. The number of hydrogen-bond acceptors (Lipinski definition) is 3. The normalized spacial score (nSPS) is 10.5. The van der Waals surface area contributed by atoms with Crippen LogP contribution in [0.2, 0.25) is 0 Å². The van der Waals surface area contributed by atoms with E-state index >= 15 is 0 Å². The monoisotopic (exact) mass is 243 g/mol. The largest absolute Gasteiger partial charge is 0.508 e. The molecule has 0 aliphatic heterocycles. The van der Waals surface area contributed by atoms with E-state index in [0.29, 0.717) is 6.54 Å². The number of hydrogen-bond donors (Lipinski definition) is 3. The predicted octanol–water partition coefficient (Wildman–Crippen LogP) is 2.70. The number of aryl methyl sites for hydroxylation is 1. The van der Waals surface area contributed by atoms with Gasteiger partial charge in [0.15, 0.2) is 0 Å². The van der Waals surface area contributed by atoms with Gasteiger partial charge >= 0.3 is 0 Å². The van der Waals surface area contributed by atoms with Crippen LogP contribution in [-0.4, -0.2) is 10.2 Å². The second-order valence-corrected chi connectivity index (χ2v) is 4.41. The molecule has 0 atom stereocenters. The van der Waals surface area contributed by atoms with Crippen LogP contribution in [0.1, 0.15) is 16.7 Å². The molecule has 0 unspecified atom stereocenters. The van der Waals surface area contributed by atoms with Crippen LogP contribution in [-0.2, 0) is 13.1 Å². The van der Waals surface area contributed by atoms with Crippen molar-refractivity contribution in [2.45, 2.75) is 20.0 Å². The minimum Gasteiger partial charge on any atom is -0.508 e. The lowest BCUT2D eigenvalue weighted by atomic mass is 10.1. The molecular weight excluding hydrogens is 226 g/mol. The van der Waals surface area contributed by atoms with Crippen molar-refractivity contribution in [3.63, 3.8) is 0 Å². The highest BCUT2D eigenvalue weighted by Gasteiger charge is 2.01. The van der Waals surface area contributed by atoms with Crippen LogP contribution in [0.3, 0.4) is 0 Å². The molecule has 0 radical (unpaired) electrons. The predicted molar refractivity (Wildman–Crippen MR) is 71.5 cm³/mol. The Hall–Kier alpha value is -2.00. The Bertz CT molecular complexity index is 538. The number of rotatable bonds is 4. The quantitative estimate of drug-likeness (QED) is 0.774. The van der Waals surface area contributed by atoms with Gasteiger partial charge in [0.1, 0.15) is 11.5 Å².